The number of fused-ring (bicyclic) bond motifs is 1. The van der Waals surface area contributed by atoms with Crippen LogP contribution in [0.15, 0.2) is 77.7 Å². The predicted molar refractivity (Wildman–Crippen MR) is 101 cm³/mol. The molecule has 4 rings (SSSR count). The summed E-state index contributed by atoms with van der Waals surface area (Å²) in [5.41, 5.74) is 3.92. The van der Waals surface area contributed by atoms with Crippen molar-refractivity contribution >= 4 is 27.3 Å². The molecule has 0 bridgehead atoms. The van der Waals surface area contributed by atoms with Crippen molar-refractivity contribution in [2.45, 2.75) is 11.3 Å². The van der Waals surface area contributed by atoms with Crippen molar-refractivity contribution in [2.75, 3.05) is 10.0 Å². The molecule has 1 aliphatic rings. The molecule has 0 saturated heterocycles. The van der Waals surface area contributed by atoms with Gasteiger partial charge >= 0.3 is 0 Å². The Morgan fingerprint density at radius 3 is 2.27 bits per heavy atom. The van der Waals surface area contributed by atoms with Crippen molar-refractivity contribution in [3.63, 3.8) is 0 Å². The fourth-order valence-corrected chi connectivity index (χ4v) is 4.06. The first kappa shape index (κ1) is 16.4. The summed E-state index contributed by atoms with van der Waals surface area (Å²) in [6, 6.07) is 21.7. The summed E-state index contributed by atoms with van der Waals surface area (Å²) in [7, 11) is -3.72. The first-order chi connectivity index (χ1) is 12.5. The highest BCUT2D eigenvalue weighted by Gasteiger charge is 2.21. The Balaban J connectivity index is 1.57. The van der Waals surface area contributed by atoms with E-state index in [1.165, 1.54) is 12.1 Å². The van der Waals surface area contributed by atoms with Crippen LogP contribution in [0.3, 0.4) is 0 Å². The summed E-state index contributed by atoms with van der Waals surface area (Å²) in [4.78, 5) is 11.6. The zero-order valence-corrected chi connectivity index (χ0v) is 14.6. The Hall–Kier alpha value is -3.12. The Morgan fingerprint density at radius 1 is 0.846 bits per heavy atom. The van der Waals surface area contributed by atoms with Crippen LogP contribution in [0, 0.1) is 0 Å². The lowest BCUT2D eigenvalue weighted by Gasteiger charge is -2.10. The molecule has 0 aromatic heterocycles. The fraction of sp³-hybridized carbons (Fsp3) is 0.0500. The van der Waals surface area contributed by atoms with Crippen LogP contribution in [0.1, 0.15) is 5.56 Å². The van der Waals surface area contributed by atoms with E-state index in [1.807, 2.05) is 42.5 Å². The van der Waals surface area contributed by atoms with E-state index in [4.69, 9.17) is 0 Å². The monoisotopic (exact) mass is 364 g/mol. The highest BCUT2D eigenvalue weighted by atomic mass is 32.2. The number of carbonyl (C=O) groups is 1. The minimum absolute atomic E-state index is 0.126. The Morgan fingerprint density at radius 2 is 1.54 bits per heavy atom. The number of sulfonamides is 1. The summed E-state index contributed by atoms with van der Waals surface area (Å²) in [5, 5.41) is 2.69. The van der Waals surface area contributed by atoms with Crippen LogP contribution in [0.25, 0.3) is 11.1 Å². The van der Waals surface area contributed by atoms with E-state index < -0.39 is 10.0 Å². The van der Waals surface area contributed by atoms with Crippen LogP contribution in [0.4, 0.5) is 11.4 Å². The van der Waals surface area contributed by atoms with Gasteiger partial charge < -0.3 is 5.32 Å². The molecule has 1 amide bonds. The van der Waals surface area contributed by atoms with Crippen LogP contribution in [-0.2, 0) is 21.2 Å². The SMILES string of the molecule is O=C1Cc2cc(S(=O)(=O)Nc3ccc(-c4ccccc4)cc3)ccc2N1. The second kappa shape index (κ2) is 6.31. The lowest BCUT2D eigenvalue weighted by atomic mass is 10.1. The summed E-state index contributed by atoms with van der Waals surface area (Å²) in [6.07, 6.45) is 0.199. The van der Waals surface area contributed by atoms with Crippen molar-refractivity contribution in [3.05, 3.63) is 78.4 Å². The molecule has 3 aromatic rings. The van der Waals surface area contributed by atoms with E-state index in [1.54, 1.807) is 18.2 Å². The van der Waals surface area contributed by atoms with Gasteiger partial charge in [0.25, 0.3) is 10.0 Å². The second-order valence-corrected chi connectivity index (χ2v) is 7.78. The molecule has 3 aromatic carbocycles. The van der Waals surface area contributed by atoms with Gasteiger partial charge in [0.1, 0.15) is 0 Å². The van der Waals surface area contributed by atoms with Crippen molar-refractivity contribution in [3.8, 4) is 11.1 Å². The number of carbonyl (C=O) groups excluding carboxylic acids is 1. The lowest BCUT2D eigenvalue weighted by Crippen LogP contribution is -2.13. The van der Waals surface area contributed by atoms with Crippen molar-refractivity contribution in [1.82, 2.24) is 0 Å². The zero-order chi connectivity index (χ0) is 18.1. The third-order valence-electron chi connectivity index (χ3n) is 4.26. The highest BCUT2D eigenvalue weighted by Crippen LogP contribution is 2.27. The number of nitrogens with one attached hydrogen (secondary N) is 2. The molecule has 0 aliphatic carbocycles. The summed E-state index contributed by atoms with van der Waals surface area (Å²) in [5.74, 6) is -0.126. The minimum atomic E-state index is -3.72. The van der Waals surface area contributed by atoms with Gasteiger partial charge in [0.2, 0.25) is 5.91 Å². The quantitative estimate of drug-likeness (QED) is 0.742. The van der Waals surface area contributed by atoms with Crippen LogP contribution >= 0.6 is 0 Å². The molecule has 6 heteroatoms. The molecule has 1 aliphatic heterocycles. The van der Waals surface area contributed by atoms with Gasteiger partial charge in [-0.25, -0.2) is 8.42 Å². The van der Waals surface area contributed by atoms with E-state index in [0.29, 0.717) is 16.9 Å². The maximum atomic E-state index is 12.6. The molecular formula is C20H16N2O3S. The number of rotatable bonds is 4. The molecule has 0 unspecified atom stereocenters. The van der Waals surface area contributed by atoms with Gasteiger partial charge in [-0.15, -0.1) is 0 Å². The Labute approximate surface area is 151 Å². The van der Waals surface area contributed by atoms with Gasteiger partial charge in [-0.3, -0.25) is 9.52 Å². The van der Waals surface area contributed by atoms with Crippen LogP contribution < -0.4 is 10.0 Å². The van der Waals surface area contributed by atoms with E-state index in [0.717, 1.165) is 11.1 Å². The Kier molecular flexibility index (Phi) is 3.97. The predicted octanol–water partition coefficient (Wildman–Crippen LogP) is 3.65. The number of hydrogen-bond donors (Lipinski definition) is 2. The molecule has 0 atom stereocenters. The highest BCUT2D eigenvalue weighted by molar-refractivity contribution is 7.92. The minimum Gasteiger partial charge on any atom is -0.326 e. The molecule has 130 valence electrons. The van der Waals surface area contributed by atoms with Crippen molar-refractivity contribution in [2.24, 2.45) is 0 Å². The maximum absolute atomic E-state index is 12.6. The smallest absolute Gasteiger partial charge is 0.261 e. The summed E-state index contributed by atoms with van der Waals surface area (Å²) < 4.78 is 27.8. The third kappa shape index (κ3) is 3.19. The molecular weight excluding hydrogens is 348 g/mol. The summed E-state index contributed by atoms with van der Waals surface area (Å²) in [6.45, 7) is 0. The van der Waals surface area contributed by atoms with E-state index in [9.17, 15) is 13.2 Å². The van der Waals surface area contributed by atoms with Crippen molar-refractivity contribution in [1.29, 1.82) is 0 Å². The lowest BCUT2D eigenvalue weighted by molar-refractivity contribution is -0.115. The first-order valence-corrected chi connectivity index (χ1v) is 9.61. The maximum Gasteiger partial charge on any atom is 0.261 e. The number of benzene rings is 3. The van der Waals surface area contributed by atoms with E-state index >= 15 is 0 Å². The van der Waals surface area contributed by atoms with Gasteiger partial charge in [-0.1, -0.05) is 42.5 Å². The largest absolute Gasteiger partial charge is 0.326 e. The van der Waals surface area contributed by atoms with Gasteiger partial charge in [0, 0.05) is 11.4 Å². The van der Waals surface area contributed by atoms with Gasteiger partial charge in [0.15, 0.2) is 0 Å². The topological polar surface area (TPSA) is 75.3 Å². The molecule has 5 nitrogen and oxygen atoms in total. The third-order valence-corrected chi connectivity index (χ3v) is 5.64. The second-order valence-electron chi connectivity index (χ2n) is 6.09. The molecule has 0 radical (unpaired) electrons. The Bertz CT molecular complexity index is 1080. The molecule has 0 saturated carbocycles. The molecule has 2 N–H and O–H groups in total. The molecule has 1 heterocycles. The average molecular weight is 364 g/mol. The number of hydrogen-bond acceptors (Lipinski definition) is 3. The summed E-state index contributed by atoms with van der Waals surface area (Å²) >= 11 is 0. The van der Waals surface area contributed by atoms with E-state index in [-0.39, 0.29) is 17.2 Å². The normalized spacial score (nSPS) is 13.2. The number of amides is 1. The zero-order valence-electron chi connectivity index (χ0n) is 13.8. The van der Waals surface area contributed by atoms with Crippen LogP contribution in [0.2, 0.25) is 0 Å². The van der Waals surface area contributed by atoms with E-state index in [2.05, 4.69) is 10.0 Å². The molecule has 0 spiro atoms. The number of anilines is 2. The van der Waals surface area contributed by atoms with Crippen molar-refractivity contribution < 1.29 is 13.2 Å². The van der Waals surface area contributed by atoms with Gasteiger partial charge in [-0.05, 0) is 47.0 Å². The fourth-order valence-electron chi connectivity index (χ4n) is 2.95. The van der Waals surface area contributed by atoms with Gasteiger partial charge in [-0.2, -0.15) is 0 Å². The first-order valence-electron chi connectivity index (χ1n) is 8.12. The van der Waals surface area contributed by atoms with Crippen LogP contribution in [0.5, 0.6) is 0 Å². The van der Waals surface area contributed by atoms with Gasteiger partial charge in [0.05, 0.1) is 11.3 Å². The van der Waals surface area contributed by atoms with Crippen LogP contribution in [-0.4, -0.2) is 14.3 Å². The molecule has 26 heavy (non-hydrogen) atoms. The standard InChI is InChI=1S/C20H16N2O3S/c23-20-13-16-12-18(10-11-19(16)21-20)26(24,25)22-17-8-6-15(7-9-17)14-4-2-1-3-5-14/h1-12,22H,13H2,(H,21,23). The average Bonchev–Trinajstić information content (AvgIpc) is 3.02. The molecule has 0 fully saturated rings.